The number of benzene rings is 1. The third-order valence-electron chi connectivity index (χ3n) is 4.81. The van der Waals surface area contributed by atoms with Crippen molar-refractivity contribution in [2.75, 3.05) is 7.11 Å². The van der Waals surface area contributed by atoms with Crippen molar-refractivity contribution in [1.82, 2.24) is 0 Å². The molecule has 29 heavy (non-hydrogen) atoms. The maximum atomic E-state index is 13.0. The standard InChI is InChI=1S/C18H13Br3O8/c1-18(26)12-10(7(15(23)27-2)5-28-17(12)25)13(22)14(18)29-16(24)11-8(20)3-6(19)4-9(11)21/h3-5,10,12,14,26H,1-2H3/t10-,12-,14+,18-/m1/s1. The first-order valence-electron chi connectivity index (χ1n) is 8.11. The maximum absolute atomic E-state index is 13.0. The van der Waals surface area contributed by atoms with Crippen LogP contribution in [-0.2, 0) is 28.6 Å². The summed E-state index contributed by atoms with van der Waals surface area (Å²) in [4.78, 5) is 50.0. The van der Waals surface area contributed by atoms with Crippen LogP contribution in [0.25, 0.3) is 0 Å². The molecule has 1 heterocycles. The Morgan fingerprint density at radius 3 is 2.28 bits per heavy atom. The summed E-state index contributed by atoms with van der Waals surface area (Å²) in [6, 6.07) is 3.20. The lowest BCUT2D eigenvalue weighted by molar-refractivity contribution is -0.159. The van der Waals surface area contributed by atoms with Crippen molar-refractivity contribution in [3.05, 3.63) is 42.9 Å². The number of halogens is 3. The van der Waals surface area contributed by atoms with Crippen molar-refractivity contribution in [1.29, 1.82) is 0 Å². The van der Waals surface area contributed by atoms with Gasteiger partial charge in [0.1, 0.15) is 17.8 Å². The van der Waals surface area contributed by atoms with Gasteiger partial charge in [-0.2, -0.15) is 0 Å². The molecule has 0 amide bonds. The fourth-order valence-corrected chi connectivity index (χ4v) is 6.05. The molecular weight excluding hydrogens is 584 g/mol. The van der Waals surface area contributed by atoms with E-state index >= 15 is 0 Å². The first kappa shape index (κ1) is 22.1. The Kier molecular flexibility index (Phi) is 6.06. The second-order valence-electron chi connectivity index (χ2n) is 6.61. The molecule has 1 fully saturated rings. The van der Waals surface area contributed by atoms with Crippen LogP contribution in [0.2, 0.25) is 0 Å². The molecule has 1 aliphatic carbocycles. The minimum Gasteiger partial charge on any atom is -0.466 e. The second-order valence-corrected chi connectivity index (χ2v) is 9.24. The van der Waals surface area contributed by atoms with Crippen LogP contribution in [-0.4, -0.2) is 47.6 Å². The van der Waals surface area contributed by atoms with Gasteiger partial charge in [-0.1, -0.05) is 15.9 Å². The number of methoxy groups -OCH3 is 1. The van der Waals surface area contributed by atoms with Crippen LogP contribution in [0.1, 0.15) is 17.3 Å². The van der Waals surface area contributed by atoms with Crippen LogP contribution < -0.4 is 0 Å². The smallest absolute Gasteiger partial charge is 0.341 e. The molecule has 3 rings (SSSR count). The Morgan fingerprint density at radius 1 is 1.14 bits per heavy atom. The molecule has 0 aromatic heterocycles. The van der Waals surface area contributed by atoms with E-state index in [1.165, 1.54) is 6.92 Å². The largest absolute Gasteiger partial charge is 0.466 e. The van der Waals surface area contributed by atoms with Gasteiger partial charge >= 0.3 is 17.9 Å². The van der Waals surface area contributed by atoms with Crippen molar-refractivity contribution >= 4 is 71.5 Å². The maximum Gasteiger partial charge on any atom is 0.341 e. The van der Waals surface area contributed by atoms with Crippen LogP contribution in [0.5, 0.6) is 0 Å². The summed E-state index contributed by atoms with van der Waals surface area (Å²) >= 11 is 9.77. The summed E-state index contributed by atoms with van der Waals surface area (Å²) in [7, 11) is 1.10. The molecule has 2 aliphatic rings. The van der Waals surface area contributed by atoms with Crippen molar-refractivity contribution in [2.45, 2.75) is 18.6 Å². The molecule has 1 aromatic carbocycles. The molecule has 4 atom stereocenters. The quantitative estimate of drug-likeness (QED) is 0.418. The van der Waals surface area contributed by atoms with Gasteiger partial charge in [-0.25, -0.2) is 9.59 Å². The molecule has 0 bridgehead atoms. The summed E-state index contributed by atoms with van der Waals surface area (Å²) in [5.74, 6) is -6.29. The molecule has 0 saturated heterocycles. The SMILES string of the molecule is COC(=O)C1=COC(=O)[C@H]2[C@@H]1C(=O)[C@H](OC(=O)c1c(Br)cc(Br)cc1Br)[C@]2(C)O. The third kappa shape index (κ3) is 3.69. The fraction of sp³-hybridized carbons (Fsp3) is 0.333. The average Bonchev–Trinajstić information content (AvgIpc) is 2.82. The van der Waals surface area contributed by atoms with Gasteiger partial charge in [-0.3, -0.25) is 9.59 Å². The van der Waals surface area contributed by atoms with Crippen molar-refractivity contribution < 1.29 is 38.5 Å². The molecule has 8 nitrogen and oxygen atoms in total. The molecular formula is C18H13Br3O8. The number of carbonyl (C=O) groups excluding carboxylic acids is 4. The Bertz CT molecular complexity index is 945. The first-order valence-corrected chi connectivity index (χ1v) is 10.5. The Labute approximate surface area is 189 Å². The zero-order chi connectivity index (χ0) is 21.7. The summed E-state index contributed by atoms with van der Waals surface area (Å²) in [6.45, 7) is 1.18. The van der Waals surface area contributed by atoms with Gasteiger partial charge in [-0.05, 0) is 50.9 Å². The number of ketones is 1. The number of fused-ring (bicyclic) bond motifs is 1. The number of hydrogen-bond donors (Lipinski definition) is 1. The van der Waals surface area contributed by atoms with Crippen LogP contribution in [0.15, 0.2) is 37.4 Å². The summed E-state index contributed by atoms with van der Waals surface area (Å²) in [5, 5.41) is 10.9. The van der Waals surface area contributed by atoms with Gasteiger partial charge < -0.3 is 19.3 Å². The van der Waals surface area contributed by atoms with Gasteiger partial charge in [0.15, 0.2) is 11.9 Å². The normalized spacial score (nSPS) is 28.3. The molecule has 154 valence electrons. The molecule has 11 heteroatoms. The van der Waals surface area contributed by atoms with Gasteiger partial charge in [0.05, 0.1) is 24.2 Å². The number of esters is 3. The van der Waals surface area contributed by atoms with E-state index in [-0.39, 0.29) is 11.1 Å². The average molecular weight is 597 g/mol. The van der Waals surface area contributed by atoms with Crippen LogP contribution in [0.4, 0.5) is 0 Å². The predicted octanol–water partition coefficient (Wildman–Crippen LogP) is 2.68. The van der Waals surface area contributed by atoms with E-state index in [0.717, 1.165) is 13.4 Å². The molecule has 1 N–H and O–H groups in total. The number of Topliss-reactive ketones (excluding diaryl/α,β-unsaturated/α-hetero) is 1. The highest BCUT2D eigenvalue weighted by Crippen LogP contribution is 2.46. The number of ether oxygens (including phenoxy) is 3. The zero-order valence-electron chi connectivity index (χ0n) is 14.9. The highest BCUT2D eigenvalue weighted by molar-refractivity contribution is 9.11. The van der Waals surface area contributed by atoms with Gasteiger partial charge in [-0.15, -0.1) is 0 Å². The molecule has 1 saturated carbocycles. The molecule has 1 aliphatic heterocycles. The van der Waals surface area contributed by atoms with Gasteiger partial charge in [0, 0.05) is 13.4 Å². The minimum atomic E-state index is -2.10. The number of rotatable bonds is 3. The lowest BCUT2D eigenvalue weighted by Crippen LogP contribution is -2.48. The third-order valence-corrected chi connectivity index (χ3v) is 6.52. The minimum absolute atomic E-state index is 0.0815. The fourth-order valence-electron chi connectivity index (χ4n) is 3.47. The van der Waals surface area contributed by atoms with E-state index in [1.54, 1.807) is 12.1 Å². The van der Waals surface area contributed by atoms with E-state index in [1.807, 2.05) is 0 Å². The number of hydrogen-bond acceptors (Lipinski definition) is 8. The van der Waals surface area contributed by atoms with E-state index in [4.69, 9.17) is 9.47 Å². The van der Waals surface area contributed by atoms with Crippen LogP contribution in [0, 0.1) is 11.8 Å². The van der Waals surface area contributed by atoms with Gasteiger partial charge in [0.2, 0.25) is 0 Å². The summed E-state index contributed by atoms with van der Waals surface area (Å²) in [5.41, 5.74) is -2.25. The van der Waals surface area contributed by atoms with E-state index in [2.05, 4.69) is 52.5 Å². The van der Waals surface area contributed by atoms with Crippen molar-refractivity contribution in [3.63, 3.8) is 0 Å². The van der Waals surface area contributed by atoms with Crippen LogP contribution in [0.3, 0.4) is 0 Å². The Morgan fingerprint density at radius 2 is 1.72 bits per heavy atom. The zero-order valence-corrected chi connectivity index (χ0v) is 19.7. The molecule has 0 radical (unpaired) electrons. The predicted molar refractivity (Wildman–Crippen MR) is 108 cm³/mol. The number of aliphatic hydroxyl groups is 1. The molecule has 0 spiro atoms. The summed E-state index contributed by atoms with van der Waals surface area (Å²) in [6.07, 6.45) is -0.874. The Balaban J connectivity index is 1.98. The van der Waals surface area contributed by atoms with Crippen molar-refractivity contribution in [3.8, 4) is 0 Å². The van der Waals surface area contributed by atoms with E-state index < -0.39 is 47.2 Å². The highest BCUT2D eigenvalue weighted by Gasteiger charge is 2.65. The monoisotopic (exact) mass is 594 g/mol. The number of carbonyl (C=O) groups is 4. The van der Waals surface area contributed by atoms with Gasteiger partial charge in [0.25, 0.3) is 0 Å². The summed E-state index contributed by atoms with van der Waals surface area (Å²) < 4.78 is 16.2. The Hall–Kier alpha value is -1.56. The van der Waals surface area contributed by atoms with Crippen LogP contribution >= 0.6 is 47.8 Å². The second kappa shape index (κ2) is 7.93. The highest BCUT2D eigenvalue weighted by atomic mass is 79.9. The van der Waals surface area contributed by atoms with E-state index in [9.17, 15) is 24.3 Å². The number of cyclic esters (lactones) is 1. The first-order chi connectivity index (χ1) is 13.5. The lowest BCUT2D eigenvalue weighted by Gasteiger charge is -2.30. The van der Waals surface area contributed by atoms with E-state index in [0.29, 0.717) is 13.4 Å². The molecule has 1 aromatic rings. The topological polar surface area (TPSA) is 116 Å². The van der Waals surface area contributed by atoms with Crippen molar-refractivity contribution in [2.24, 2.45) is 11.8 Å². The molecule has 0 unspecified atom stereocenters. The lowest BCUT2D eigenvalue weighted by atomic mass is 9.81.